The van der Waals surface area contributed by atoms with Crippen LogP contribution in [-0.4, -0.2) is 16.7 Å². The molecule has 1 heterocycles. The fourth-order valence-electron chi connectivity index (χ4n) is 3.40. The molecule has 1 aliphatic rings. The van der Waals surface area contributed by atoms with Crippen LogP contribution in [0.3, 0.4) is 0 Å². The zero-order valence-corrected chi connectivity index (χ0v) is 15.4. The molecule has 1 saturated carbocycles. The van der Waals surface area contributed by atoms with E-state index < -0.39 is 6.03 Å². The molecular formula is C20H23ClN4O. The van der Waals surface area contributed by atoms with Gasteiger partial charge in [-0.1, -0.05) is 61.9 Å². The van der Waals surface area contributed by atoms with Gasteiger partial charge in [-0.25, -0.2) is 10.2 Å². The van der Waals surface area contributed by atoms with Crippen molar-refractivity contribution in [3.05, 3.63) is 64.4 Å². The lowest BCUT2D eigenvalue weighted by Crippen LogP contribution is -2.26. The average Bonchev–Trinajstić information content (AvgIpc) is 2.65. The average molecular weight is 371 g/mol. The molecule has 0 atom stereocenters. The second kappa shape index (κ2) is 8.81. The Labute approximate surface area is 158 Å². The summed E-state index contributed by atoms with van der Waals surface area (Å²) in [5, 5.41) is 4.76. The van der Waals surface area contributed by atoms with Crippen LogP contribution in [0.5, 0.6) is 0 Å². The number of amides is 2. The van der Waals surface area contributed by atoms with Gasteiger partial charge in [0.25, 0.3) is 0 Å². The highest BCUT2D eigenvalue weighted by molar-refractivity contribution is 6.30. The third kappa shape index (κ3) is 5.05. The lowest BCUT2D eigenvalue weighted by Gasteiger charge is -2.21. The predicted octanol–water partition coefficient (Wildman–Crippen LogP) is 4.28. The van der Waals surface area contributed by atoms with Crippen molar-refractivity contribution in [2.45, 2.75) is 38.5 Å². The Morgan fingerprint density at radius 1 is 1.15 bits per heavy atom. The summed E-state index contributed by atoms with van der Waals surface area (Å²) in [7, 11) is 0. The van der Waals surface area contributed by atoms with Crippen molar-refractivity contribution >= 4 is 23.3 Å². The first-order valence-electron chi connectivity index (χ1n) is 8.96. The second-order valence-electron chi connectivity index (χ2n) is 6.70. The van der Waals surface area contributed by atoms with Crippen LogP contribution in [0.4, 0.5) is 4.79 Å². The van der Waals surface area contributed by atoms with Gasteiger partial charge in [-0.05, 0) is 36.1 Å². The molecule has 0 aliphatic heterocycles. The highest BCUT2D eigenvalue weighted by Crippen LogP contribution is 2.26. The van der Waals surface area contributed by atoms with Gasteiger partial charge in [-0.3, -0.25) is 4.98 Å². The van der Waals surface area contributed by atoms with E-state index in [0.717, 1.165) is 17.9 Å². The molecule has 3 N–H and O–H groups in total. The van der Waals surface area contributed by atoms with Gasteiger partial charge in [-0.2, -0.15) is 5.10 Å². The number of halogens is 1. The van der Waals surface area contributed by atoms with Gasteiger partial charge in [0, 0.05) is 16.8 Å². The summed E-state index contributed by atoms with van der Waals surface area (Å²) in [6, 6.07) is 10.5. The minimum absolute atomic E-state index is 0.546. The van der Waals surface area contributed by atoms with Gasteiger partial charge in [0.1, 0.15) is 5.71 Å². The van der Waals surface area contributed by atoms with Crippen molar-refractivity contribution in [1.82, 2.24) is 10.4 Å². The summed E-state index contributed by atoms with van der Waals surface area (Å²) in [6.07, 6.45) is 9.62. The van der Waals surface area contributed by atoms with E-state index in [2.05, 4.69) is 21.6 Å². The Morgan fingerprint density at radius 2 is 1.88 bits per heavy atom. The monoisotopic (exact) mass is 370 g/mol. The number of carbonyl (C=O) groups excluding carboxylic acids is 1. The van der Waals surface area contributed by atoms with Crippen molar-refractivity contribution in [2.75, 3.05) is 0 Å². The van der Waals surface area contributed by atoms with Crippen molar-refractivity contribution in [3.63, 3.8) is 0 Å². The molecule has 5 nitrogen and oxygen atoms in total. The molecular weight excluding hydrogens is 348 g/mol. The van der Waals surface area contributed by atoms with Gasteiger partial charge in [0.15, 0.2) is 0 Å². The molecule has 0 spiro atoms. The topological polar surface area (TPSA) is 80.4 Å². The number of pyridine rings is 1. The highest BCUT2D eigenvalue weighted by Gasteiger charge is 2.15. The first-order valence-corrected chi connectivity index (χ1v) is 9.34. The third-order valence-electron chi connectivity index (χ3n) is 4.71. The number of nitrogens with zero attached hydrogens (tertiary/aromatic N) is 2. The third-order valence-corrected chi connectivity index (χ3v) is 4.96. The van der Waals surface area contributed by atoms with E-state index in [9.17, 15) is 4.79 Å². The number of urea groups is 1. The molecule has 1 aromatic carbocycles. The van der Waals surface area contributed by atoms with Crippen molar-refractivity contribution < 1.29 is 4.79 Å². The Hall–Kier alpha value is -2.40. The molecule has 0 unspecified atom stereocenters. The van der Waals surface area contributed by atoms with Gasteiger partial charge >= 0.3 is 6.03 Å². The minimum atomic E-state index is -0.717. The van der Waals surface area contributed by atoms with Crippen LogP contribution in [0.15, 0.2) is 47.7 Å². The van der Waals surface area contributed by atoms with Gasteiger partial charge in [0.2, 0.25) is 0 Å². The lowest BCUT2D eigenvalue weighted by atomic mass is 9.85. The fraction of sp³-hybridized carbons (Fsp3) is 0.350. The maximum atomic E-state index is 11.1. The van der Waals surface area contributed by atoms with Crippen LogP contribution in [0.1, 0.15) is 48.9 Å². The van der Waals surface area contributed by atoms with E-state index in [1.54, 1.807) is 12.1 Å². The second-order valence-corrected chi connectivity index (χ2v) is 7.14. The molecule has 1 fully saturated rings. The normalized spacial score (nSPS) is 15.7. The molecule has 2 amide bonds. The lowest BCUT2D eigenvalue weighted by molar-refractivity contribution is 0.249. The molecule has 136 valence electrons. The van der Waals surface area contributed by atoms with E-state index in [4.69, 9.17) is 17.3 Å². The largest absolute Gasteiger partial charge is 0.350 e. The van der Waals surface area contributed by atoms with Crippen LogP contribution >= 0.6 is 11.6 Å². The summed E-state index contributed by atoms with van der Waals surface area (Å²) >= 11 is 5.96. The molecule has 6 heteroatoms. The van der Waals surface area contributed by atoms with E-state index in [1.165, 1.54) is 37.7 Å². The number of benzene rings is 1. The number of carbonyl (C=O) groups is 1. The first kappa shape index (κ1) is 18.4. The van der Waals surface area contributed by atoms with E-state index in [1.807, 2.05) is 24.4 Å². The molecule has 26 heavy (non-hydrogen) atoms. The fourth-order valence-corrected chi connectivity index (χ4v) is 3.52. The summed E-state index contributed by atoms with van der Waals surface area (Å²) in [4.78, 5) is 15.6. The molecule has 0 saturated heterocycles. The summed E-state index contributed by atoms with van der Waals surface area (Å²) in [5.41, 5.74) is 10.7. The molecule has 0 radical (unpaired) electrons. The zero-order chi connectivity index (χ0) is 18.4. The smallest absolute Gasteiger partial charge is 0.332 e. The van der Waals surface area contributed by atoms with E-state index in [-0.39, 0.29) is 0 Å². The number of hydrogen-bond acceptors (Lipinski definition) is 3. The standard InChI is InChI=1S/C20H23ClN4O/c21-17-9-7-16(8-10-17)19(24-25-20(22)26)18-11-6-15(13-23-18)12-14-4-2-1-3-5-14/h6-11,13-14H,1-5,12H2,(H3,22,25,26)/b24-19+. The molecule has 1 aromatic heterocycles. The number of primary amides is 1. The Balaban J connectivity index is 1.80. The quantitative estimate of drug-likeness (QED) is 0.608. The summed E-state index contributed by atoms with van der Waals surface area (Å²) in [6.45, 7) is 0. The number of nitrogens with two attached hydrogens (primary N) is 1. The molecule has 1 aliphatic carbocycles. The maximum Gasteiger partial charge on any atom is 0.332 e. The van der Waals surface area contributed by atoms with Gasteiger partial charge in [0.05, 0.1) is 5.69 Å². The molecule has 3 rings (SSSR count). The highest BCUT2D eigenvalue weighted by atomic mass is 35.5. The number of rotatable bonds is 5. The van der Waals surface area contributed by atoms with Crippen LogP contribution < -0.4 is 11.2 Å². The zero-order valence-electron chi connectivity index (χ0n) is 14.6. The summed E-state index contributed by atoms with van der Waals surface area (Å²) < 4.78 is 0. The van der Waals surface area contributed by atoms with Crippen molar-refractivity contribution in [3.8, 4) is 0 Å². The number of nitrogens with one attached hydrogen (secondary N) is 1. The molecule has 0 bridgehead atoms. The predicted molar refractivity (Wildman–Crippen MR) is 104 cm³/mol. The van der Waals surface area contributed by atoms with E-state index in [0.29, 0.717) is 16.4 Å². The molecule has 2 aromatic rings. The van der Waals surface area contributed by atoms with E-state index >= 15 is 0 Å². The minimum Gasteiger partial charge on any atom is -0.350 e. The first-order chi connectivity index (χ1) is 12.6. The van der Waals surface area contributed by atoms with Crippen molar-refractivity contribution in [1.29, 1.82) is 0 Å². The van der Waals surface area contributed by atoms with Crippen LogP contribution in [0.25, 0.3) is 0 Å². The van der Waals surface area contributed by atoms with Crippen LogP contribution in [0.2, 0.25) is 5.02 Å². The Morgan fingerprint density at radius 3 is 2.50 bits per heavy atom. The number of aromatic nitrogens is 1. The number of hydrazone groups is 1. The SMILES string of the molecule is NC(=O)N/N=C(\c1ccc(Cl)cc1)c1ccc(CC2CCCCC2)cn1. The van der Waals surface area contributed by atoms with Crippen LogP contribution in [0, 0.1) is 5.92 Å². The number of hydrogen-bond donors (Lipinski definition) is 2. The van der Waals surface area contributed by atoms with Gasteiger partial charge < -0.3 is 5.73 Å². The van der Waals surface area contributed by atoms with Crippen molar-refractivity contribution in [2.24, 2.45) is 16.8 Å². The maximum absolute atomic E-state index is 11.1. The van der Waals surface area contributed by atoms with Crippen LogP contribution in [-0.2, 0) is 6.42 Å². The Kier molecular flexibility index (Phi) is 6.23. The summed E-state index contributed by atoms with van der Waals surface area (Å²) in [5.74, 6) is 0.761. The Bertz CT molecular complexity index is 765. The van der Waals surface area contributed by atoms with Gasteiger partial charge in [-0.15, -0.1) is 0 Å².